The van der Waals surface area contributed by atoms with Crippen LogP contribution >= 0.6 is 0 Å². The van der Waals surface area contributed by atoms with Gasteiger partial charge in [0.15, 0.2) is 5.65 Å². The summed E-state index contributed by atoms with van der Waals surface area (Å²) in [6, 6.07) is 10.3. The number of allylic oxidation sites excluding steroid dienone is 1. The standard InChI is InChI=1S/C21H19N5/c1-13(2)11-16-14(3)17(12-22)20-24-18-7-5-6-8-19(18)26(20)21(16)25-10-9-23-15(25)4/h5-10H,1,11H2,2-4H3. The van der Waals surface area contributed by atoms with Crippen molar-refractivity contribution in [2.75, 3.05) is 0 Å². The van der Waals surface area contributed by atoms with Crippen LogP contribution in [0.4, 0.5) is 0 Å². The van der Waals surface area contributed by atoms with E-state index in [4.69, 9.17) is 4.98 Å². The van der Waals surface area contributed by atoms with Crippen LogP contribution in [0.1, 0.15) is 29.4 Å². The van der Waals surface area contributed by atoms with E-state index in [0.29, 0.717) is 17.6 Å². The van der Waals surface area contributed by atoms with Gasteiger partial charge in [0.25, 0.3) is 0 Å². The lowest BCUT2D eigenvalue weighted by Crippen LogP contribution is -2.12. The molecule has 4 rings (SSSR count). The van der Waals surface area contributed by atoms with Gasteiger partial charge in [0.05, 0.1) is 16.6 Å². The minimum Gasteiger partial charge on any atom is -0.289 e. The average Bonchev–Trinajstić information content (AvgIpc) is 3.19. The third kappa shape index (κ3) is 2.23. The van der Waals surface area contributed by atoms with Crippen molar-refractivity contribution in [2.24, 2.45) is 0 Å². The van der Waals surface area contributed by atoms with E-state index in [1.54, 1.807) is 6.20 Å². The SMILES string of the molecule is C=C(C)Cc1c(C)c(C#N)c2nc3ccccc3n2c1-n1ccnc1C. The van der Waals surface area contributed by atoms with E-state index in [-0.39, 0.29) is 0 Å². The van der Waals surface area contributed by atoms with Gasteiger partial charge >= 0.3 is 0 Å². The first kappa shape index (κ1) is 16.1. The van der Waals surface area contributed by atoms with Crippen LogP contribution in [-0.2, 0) is 6.42 Å². The molecule has 0 saturated heterocycles. The zero-order chi connectivity index (χ0) is 18.4. The smallest absolute Gasteiger partial charge is 0.157 e. The molecule has 3 heterocycles. The molecule has 0 fully saturated rings. The molecular weight excluding hydrogens is 322 g/mol. The highest BCUT2D eigenvalue weighted by Gasteiger charge is 2.22. The highest BCUT2D eigenvalue weighted by Crippen LogP contribution is 2.31. The number of aromatic nitrogens is 4. The highest BCUT2D eigenvalue weighted by atomic mass is 15.2. The number of aryl methyl sites for hydroxylation is 1. The van der Waals surface area contributed by atoms with Crippen molar-refractivity contribution >= 4 is 16.7 Å². The van der Waals surface area contributed by atoms with E-state index in [1.807, 2.05) is 51.2 Å². The maximum absolute atomic E-state index is 9.83. The van der Waals surface area contributed by atoms with Gasteiger partial charge in [-0.05, 0) is 44.9 Å². The number of benzene rings is 1. The van der Waals surface area contributed by atoms with Crippen LogP contribution in [0.3, 0.4) is 0 Å². The molecule has 0 aliphatic heterocycles. The number of imidazole rings is 2. The molecule has 0 amide bonds. The lowest BCUT2D eigenvalue weighted by atomic mass is 9.99. The quantitative estimate of drug-likeness (QED) is 0.523. The summed E-state index contributed by atoms with van der Waals surface area (Å²) >= 11 is 0. The second-order valence-electron chi connectivity index (χ2n) is 6.65. The molecule has 1 aromatic carbocycles. The molecule has 0 unspecified atom stereocenters. The molecule has 3 aromatic heterocycles. The predicted molar refractivity (Wildman–Crippen MR) is 103 cm³/mol. The zero-order valence-electron chi connectivity index (χ0n) is 15.1. The van der Waals surface area contributed by atoms with Crippen molar-refractivity contribution in [3.05, 3.63) is 71.3 Å². The van der Waals surface area contributed by atoms with Crippen LogP contribution in [0.15, 0.2) is 48.8 Å². The molecule has 0 aliphatic carbocycles. The summed E-state index contributed by atoms with van der Waals surface area (Å²) < 4.78 is 4.14. The minimum atomic E-state index is 0.610. The number of nitrogens with zero attached hydrogens (tertiary/aromatic N) is 5. The molecule has 4 aromatic rings. The Morgan fingerprint density at radius 1 is 1.27 bits per heavy atom. The fourth-order valence-corrected chi connectivity index (χ4v) is 3.53. The largest absolute Gasteiger partial charge is 0.289 e. The van der Waals surface area contributed by atoms with Crippen LogP contribution in [0.2, 0.25) is 0 Å². The summed E-state index contributed by atoms with van der Waals surface area (Å²) in [5.74, 6) is 1.86. The van der Waals surface area contributed by atoms with Crippen molar-refractivity contribution in [1.29, 1.82) is 5.26 Å². The van der Waals surface area contributed by atoms with Crippen LogP contribution in [0.5, 0.6) is 0 Å². The summed E-state index contributed by atoms with van der Waals surface area (Å²) in [6.07, 6.45) is 4.43. The lowest BCUT2D eigenvalue weighted by Gasteiger charge is -2.19. The number of pyridine rings is 1. The second kappa shape index (κ2) is 5.85. The molecule has 5 nitrogen and oxygen atoms in total. The van der Waals surface area contributed by atoms with Crippen molar-refractivity contribution in [1.82, 2.24) is 18.9 Å². The van der Waals surface area contributed by atoms with Crippen molar-refractivity contribution in [3.63, 3.8) is 0 Å². The van der Waals surface area contributed by atoms with Crippen LogP contribution in [0, 0.1) is 25.2 Å². The van der Waals surface area contributed by atoms with Gasteiger partial charge in [-0.1, -0.05) is 24.3 Å². The van der Waals surface area contributed by atoms with E-state index >= 15 is 0 Å². The Labute approximate surface area is 151 Å². The van der Waals surface area contributed by atoms with Gasteiger partial charge in [-0.25, -0.2) is 9.97 Å². The molecular formula is C21H19N5. The molecule has 0 atom stereocenters. The van der Waals surface area contributed by atoms with Crippen molar-refractivity contribution in [3.8, 4) is 11.9 Å². The maximum atomic E-state index is 9.83. The summed E-state index contributed by atoms with van der Waals surface area (Å²) in [5.41, 5.74) is 6.20. The number of hydrogen-bond donors (Lipinski definition) is 0. The van der Waals surface area contributed by atoms with Gasteiger partial charge in [0.2, 0.25) is 0 Å². The number of nitriles is 1. The van der Waals surface area contributed by atoms with Crippen LogP contribution in [0.25, 0.3) is 22.5 Å². The first-order valence-electron chi connectivity index (χ1n) is 8.50. The third-order valence-electron chi connectivity index (χ3n) is 4.74. The molecule has 5 heteroatoms. The summed E-state index contributed by atoms with van der Waals surface area (Å²) in [7, 11) is 0. The first-order chi connectivity index (χ1) is 12.5. The molecule has 0 aliphatic rings. The zero-order valence-corrected chi connectivity index (χ0v) is 15.1. The third-order valence-corrected chi connectivity index (χ3v) is 4.74. The summed E-state index contributed by atoms with van der Waals surface area (Å²) in [5, 5.41) is 9.83. The van der Waals surface area contributed by atoms with Gasteiger partial charge < -0.3 is 0 Å². The Morgan fingerprint density at radius 2 is 2.04 bits per heavy atom. The normalized spacial score (nSPS) is 11.2. The second-order valence-corrected chi connectivity index (χ2v) is 6.65. The number of fused-ring (bicyclic) bond motifs is 3. The van der Waals surface area contributed by atoms with Crippen molar-refractivity contribution in [2.45, 2.75) is 27.2 Å². The Morgan fingerprint density at radius 3 is 2.69 bits per heavy atom. The number of hydrogen-bond acceptors (Lipinski definition) is 3. The Kier molecular flexibility index (Phi) is 3.62. The van der Waals surface area contributed by atoms with E-state index in [1.165, 1.54) is 0 Å². The maximum Gasteiger partial charge on any atom is 0.157 e. The van der Waals surface area contributed by atoms with Gasteiger partial charge in [-0.3, -0.25) is 8.97 Å². The molecule has 128 valence electrons. The molecule has 26 heavy (non-hydrogen) atoms. The summed E-state index contributed by atoms with van der Waals surface area (Å²) in [4.78, 5) is 9.15. The molecule has 0 bridgehead atoms. The number of rotatable bonds is 3. The topological polar surface area (TPSA) is 58.9 Å². The molecule has 0 radical (unpaired) electrons. The Bertz CT molecular complexity index is 1220. The van der Waals surface area contributed by atoms with Crippen LogP contribution < -0.4 is 0 Å². The molecule has 0 N–H and O–H groups in total. The van der Waals surface area contributed by atoms with Crippen LogP contribution in [-0.4, -0.2) is 18.9 Å². The minimum absolute atomic E-state index is 0.610. The monoisotopic (exact) mass is 341 g/mol. The molecule has 0 spiro atoms. The summed E-state index contributed by atoms with van der Waals surface area (Å²) in [6.45, 7) is 10.1. The molecule has 0 saturated carbocycles. The van der Waals surface area contributed by atoms with E-state index in [0.717, 1.165) is 39.4 Å². The van der Waals surface area contributed by atoms with Crippen molar-refractivity contribution < 1.29 is 0 Å². The van der Waals surface area contributed by atoms with Gasteiger partial charge in [0.1, 0.15) is 17.7 Å². The highest BCUT2D eigenvalue weighted by molar-refractivity contribution is 5.85. The lowest BCUT2D eigenvalue weighted by molar-refractivity contribution is 0.884. The average molecular weight is 341 g/mol. The van der Waals surface area contributed by atoms with Gasteiger partial charge in [-0.15, -0.1) is 0 Å². The first-order valence-corrected chi connectivity index (χ1v) is 8.50. The number of para-hydroxylation sites is 2. The Hall–Kier alpha value is -3.39. The van der Waals surface area contributed by atoms with E-state index in [2.05, 4.69) is 26.6 Å². The van der Waals surface area contributed by atoms with Gasteiger partial charge in [0, 0.05) is 18.0 Å². The van der Waals surface area contributed by atoms with E-state index < -0.39 is 0 Å². The predicted octanol–water partition coefficient (Wildman–Crippen LogP) is 4.28. The van der Waals surface area contributed by atoms with Gasteiger partial charge in [-0.2, -0.15) is 5.26 Å². The Balaban J connectivity index is 2.30. The fourth-order valence-electron chi connectivity index (χ4n) is 3.53. The fraction of sp³-hybridized carbons (Fsp3) is 0.190. The van der Waals surface area contributed by atoms with E-state index in [9.17, 15) is 5.26 Å².